The Labute approximate surface area is 151 Å². The van der Waals surface area contributed by atoms with Crippen LogP contribution >= 0.6 is 0 Å². The van der Waals surface area contributed by atoms with Gasteiger partial charge in [-0.15, -0.1) is 0 Å². The van der Waals surface area contributed by atoms with Crippen molar-refractivity contribution in [1.29, 1.82) is 0 Å². The molecule has 1 aliphatic rings. The summed E-state index contributed by atoms with van der Waals surface area (Å²) in [7, 11) is 0. The minimum Gasteiger partial charge on any atom is -0.352 e. The number of hydrogen-bond acceptors (Lipinski definition) is 4. The van der Waals surface area contributed by atoms with Gasteiger partial charge in [0.15, 0.2) is 0 Å². The summed E-state index contributed by atoms with van der Waals surface area (Å²) < 4.78 is 0. The third-order valence-electron chi connectivity index (χ3n) is 4.45. The first-order valence-corrected chi connectivity index (χ1v) is 8.77. The van der Waals surface area contributed by atoms with Gasteiger partial charge in [0.05, 0.1) is 11.3 Å². The van der Waals surface area contributed by atoms with Gasteiger partial charge in [0, 0.05) is 31.6 Å². The number of likely N-dealkylation sites (tertiary alicyclic amines) is 1. The van der Waals surface area contributed by atoms with E-state index >= 15 is 0 Å². The summed E-state index contributed by atoms with van der Waals surface area (Å²) >= 11 is 0. The highest BCUT2D eigenvalue weighted by atomic mass is 16.2. The molecule has 1 saturated heterocycles. The second kappa shape index (κ2) is 7.95. The zero-order chi connectivity index (χ0) is 18.5. The molecule has 0 spiro atoms. The molecule has 1 aromatic heterocycles. The molecule has 0 saturated carbocycles. The van der Waals surface area contributed by atoms with Crippen molar-refractivity contribution in [2.45, 2.75) is 26.2 Å². The third-order valence-corrected chi connectivity index (χ3v) is 4.45. The fourth-order valence-corrected chi connectivity index (χ4v) is 3.04. The molecule has 1 aliphatic heterocycles. The van der Waals surface area contributed by atoms with Crippen molar-refractivity contribution in [1.82, 2.24) is 20.4 Å². The molecule has 26 heavy (non-hydrogen) atoms. The number of rotatable bonds is 6. The van der Waals surface area contributed by atoms with E-state index in [1.54, 1.807) is 37.3 Å². The maximum Gasteiger partial charge on any atom is 0.272 e. The number of benzene rings is 1. The summed E-state index contributed by atoms with van der Waals surface area (Å²) in [4.78, 5) is 37.4. The van der Waals surface area contributed by atoms with Gasteiger partial charge >= 0.3 is 0 Å². The topological polar surface area (TPSA) is 95.2 Å². The Morgan fingerprint density at radius 2 is 2.04 bits per heavy atom. The average molecular weight is 354 g/mol. The molecule has 136 valence electrons. The van der Waals surface area contributed by atoms with Crippen LogP contribution in [0.1, 0.15) is 35.3 Å². The van der Waals surface area contributed by atoms with Crippen molar-refractivity contribution in [3.63, 3.8) is 0 Å². The highest BCUT2D eigenvalue weighted by Gasteiger charge is 2.19. The number of aryl methyl sites for hydroxylation is 1. The largest absolute Gasteiger partial charge is 0.352 e. The van der Waals surface area contributed by atoms with Gasteiger partial charge in [-0.1, -0.05) is 12.1 Å². The summed E-state index contributed by atoms with van der Waals surface area (Å²) in [6, 6.07) is 8.62. The predicted octanol–water partition coefficient (Wildman–Crippen LogP) is 1.49. The van der Waals surface area contributed by atoms with E-state index in [0.717, 1.165) is 30.6 Å². The van der Waals surface area contributed by atoms with Crippen LogP contribution < -0.4 is 10.9 Å². The van der Waals surface area contributed by atoms with Gasteiger partial charge in [-0.05, 0) is 43.5 Å². The summed E-state index contributed by atoms with van der Waals surface area (Å²) in [5.74, 6) is 0.0392. The van der Waals surface area contributed by atoms with Gasteiger partial charge < -0.3 is 10.2 Å². The van der Waals surface area contributed by atoms with Gasteiger partial charge in [0.1, 0.15) is 0 Å². The standard InChI is InChI=1S/C19H22N4O3/c1-13-12-16(19(26)22-21-13)14-5-7-15(8-6-14)18(25)20-9-3-11-23-10-2-4-17(23)24/h5-8,12H,2-4,9-11H2,1H3,(H,20,25)(H,22,26). The maximum absolute atomic E-state index is 12.2. The van der Waals surface area contributed by atoms with Gasteiger partial charge in [0.2, 0.25) is 5.91 Å². The first-order chi connectivity index (χ1) is 12.5. The van der Waals surface area contributed by atoms with E-state index < -0.39 is 0 Å². The van der Waals surface area contributed by atoms with Gasteiger partial charge in [-0.3, -0.25) is 14.4 Å². The van der Waals surface area contributed by atoms with Crippen LogP contribution in [-0.4, -0.2) is 46.5 Å². The number of hydrogen-bond donors (Lipinski definition) is 2. The Balaban J connectivity index is 1.54. The first-order valence-electron chi connectivity index (χ1n) is 8.77. The highest BCUT2D eigenvalue weighted by molar-refractivity contribution is 5.94. The molecular formula is C19H22N4O3. The maximum atomic E-state index is 12.2. The van der Waals surface area contributed by atoms with Crippen molar-refractivity contribution >= 4 is 11.8 Å². The molecule has 2 N–H and O–H groups in total. The summed E-state index contributed by atoms with van der Waals surface area (Å²) in [5, 5.41) is 9.17. The number of carbonyl (C=O) groups is 2. The molecule has 1 aromatic carbocycles. The van der Waals surface area contributed by atoms with E-state index in [4.69, 9.17) is 0 Å². The fourth-order valence-electron chi connectivity index (χ4n) is 3.04. The molecule has 2 aromatic rings. The molecule has 3 rings (SSSR count). The lowest BCUT2D eigenvalue weighted by atomic mass is 10.0. The molecule has 0 radical (unpaired) electrons. The minimum absolute atomic E-state index is 0.163. The highest BCUT2D eigenvalue weighted by Crippen LogP contribution is 2.16. The molecule has 0 unspecified atom stereocenters. The monoisotopic (exact) mass is 354 g/mol. The minimum atomic E-state index is -0.260. The van der Waals surface area contributed by atoms with Crippen molar-refractivity contribution in [2.24, 2.45) is 0 Å². The van der Waals surface area contributed by atoms with E-state index in [9.17, 15) is 14.4 Å². The first kappa shape index (κ1) is 17.8. The molecular weight excluding hydrogens is 332 g/mol. The van der Waals surface area contributed by atoms with E-state index in [2.05, 4.69) is 15.5 Å². The number of carbonyl (C=O) groups excluding carboxylic acids is 2. The molecule has 1 fully saturated rings. The van der Waals surface area contributed by atoms with Gasteiger partial charge in [-0.2, -0.15) is 5.10 Å². The number of aromatic amines is 1. The molecule has 7 heteroatoms. The smallest absolute Gasteiger partial charge is 0.272 e. The lowest BCUT2D eigenvalue weighted by Gasteiger charge is -2.15. The van der Waals surface area contributed by atoms with Gasteiger partial charge in [-0.25, -0.2) is 5.10 Å². The normalized spacial score (nSPS) is 13.9. The van der Waals surface area contributed by atoms with Crippen LogP contribution in [-0.2, 0) is 4.79 Å². The van der Waals surface area contributed by atoms with Crippen LogP contribution in [0.4, 0.5) is 0 Å². The Kier molecular flexibility index (Phi) is 5.46. The lowest BCUT2D eigenvalue weighted by Crippen LogP contribution is -2.30. The van der Waals surface area contributed by atoms with Gasteiger partial charge in [0.25, 0.3) is 11.5 Å². The molecule has 0 bridgehead atoms. The van der Waals surface area contributed by atoms with Crippen LogP contribution in [0, 0.1) is 6.92 Å². The van der Waals surface area contributed by atoms with Crippen LogP contribution in [0.5, 0.6) is 0 Å². The van der Waals surface area contributed by atoms with Crippen LogP contribution in [0.2, 0.25) is 0 Å². The van der Waals surface area contributed by atoms with Crippen molar-refractivity contribution in [2.75, 3.05) is 19.6 Å². The zero-order valence-electron chi connectivity index (χ0n) is 14.7. The fraction of sp³-hybridized carbons (Fsp3) is 0.368. The van der Waals surface area contributed by atoms with Crippen molar-refractivity contribution in [3.8, 4) is 11.1 Å². The number of amides is 2. The molecule has 2 heterocycles. The second-order valence-electron chi connectivity index (χ2n) is 6.42. The van der Waals surface area contributed by atoms with Crippen LogP contribution in [0.15, 0.2) is 35.1 Å². The summed E-state index contributed by atoms with van der Waals surface area (Å²) in [6.07, 6.45) is 2.30. The van der Waals surface area contributed by atoms with Crippen molar-refractivity contribution in [3.05, 3.63) is 51.9 Å². The Hall–Kier alpha value is -2.96. The summed E-state index contributed by atoms with van der Waals surface area (Å²) in [6.45, 7) is 3.83. The van der Waals surface area contributed by atoms with E-state index in [-0.39, 0.29) is 17.4 Å². The number of aromatic nitrogens is 2. The number of nitrogens with one attached hydrogen (secondary N) is 2. The van der Waals surface area contributed by atoms with Crippen molar-refractivity contribution < 1.29 is 9.59 Å². The van der Waals surface area contributed by atoms with E-state index in [1.165, 1.54) is 0 Å². The molecule has 0 aliphatic carbocycles. The molecule has 7 nitrogen and oxygen atoms in total. The van der Waals surface area contributed by atoms with Crippen LogP contribution in [0.3, 0.4) is 0 Å². The quantitative estimate of drug-likeness (QED) is 0.768. The van der Waals surface area contributed by atoms with Crippen LogP contribution in [0.25, 0.3) is 11.1 Å². The zero-order valence-corrected chi connectivity index (χ0v) is 14.7. The third kappa shape index (κ3) is 4.17. The molecule has 2 amide bonds. The lowest BCUT2D eigenvalue weighted by molar-refractivity contribution is -0.127. The second-order valence-corrected chi connectivity index (χ2v) is 6.42. The Morgan fingerprint density at radius 1 is 1.27 bits per heavy atom. The summed E-state index contributed by atoms with van der Waals surface area (Å²) in [5.41, 5.74) is 2.26. The average Bonchev–Trinajstić information content (AvgIpc) is 3.06. The SMILES string of the molecule is Cc1cc(-c2ccc(C(=O)NCCCN3CCCC3=O)cc2)c(=O)[nH]n1. The predicted molar refractivity (Wildman–Crippen MR) is 97.8 cm³/mol. The molecule has 0 atom stereocenters. The Bertz CT molecular complexity index is 858. The van der Waals surface area contributed by atoms with E-state index in [1.807, 2.05) is 4.90 Å². The Morgan fingerprint density at radius 3 is 2.73 bits per heavy atom. The van der Waals surface area contributed by atoms with E-state index in [0.29, 0.717) is 30.6 Å². The number of nitrogens with zero attached hydrogens (tertiary/aromatic N) is 2. The number of H-pyrrole nitrogens is 1.